The Bertz CT molecular complexity index is 108. The quantitative estimate of drug-likeness (QED) is 0.563. The molecule has 0 spiro atoms. The lowest BCUT2D eigenvalue weighted by Gasteiger charge is -1.89. The molecule has 0 atom stereocenters. The van der Waals surface area contributed by atoms with Gasteiger partial charge in [0, 0.05) is 4.48 Å². The van der Waals surface area contributed by atoms with Crippen LogP contribution in [-0.2, 0) is 0 Å². The molecule has 0 N–H and O–H groups in total. The van der Waals surface area contributed by atoms with Gasteiger partial charge in [-0.25, -0.2) is 0 Å². The standard InChI is InChI=1S/C6H8BrCl/c1-3-5(7)6(8)4-2/h3-4H,1-2H3/b5-3+,6-4+. The van der Waals surface area contributed by atoms with Crippen LogP contribution in [0, 0.1) is 0 Å². The van der Waals surface area contributed by atoms with Crippen LogP contribution in [0.2, 0.25) is 0 Å². The Morgan fingerprint density at radius 2 is 1.88 bits per heavy atom. The summed E-state index contributed by atoms with van der Waals surface area (Å²) in [4.78, 5) is 0. The third-order valence-electron chi connectivity index (χ3n) is 0.735. The van der Waals surface area contributed by atoms with Crippen molar-refractivity contribution >= 4 is 27.5 Å². The second kappa shape index (κ2) is 4.16. The van der Waals surface area contributed by atoms with Crippen LogP contribution in [0.25, 0.3) is 0 Å². The van der Waals surface area contributed by atoms with Gasteiger partial charge in [-0.15, -0.1) is 0 Å². The Balaban J connectivity index is 4.04. The van der Waals surface area contributed by atoms with Crippen molar-refractivity contribution in [2.75, 3.05) is 0 Å². The largest absolute Gasteiger partial charge is 0.0835 e. The molecule has 0 fully saturated rings. The second-order valence-corrected chi connectivity index (χ2v) is 2.53. The molecule has 0 heterocycles. The van der Waals surface area contributed by atoms with Crippen LogP contribution in [0.3, 0.4) is 0 Å². The summed E-state index contributed by atoms with van der Waals surface area (Å²) >= 11 is 8.93. The normalized spacial score (nSPS) is 14.5. The minimum absolute atomic E-state index is 0.757. The van der Waals surface area contributed by atoms with E-state index in [0.29, 0.717) is 0 Å². The molecule has 0 saturated carbocycles. The molecule has 0 bridgehead atoms. The Hall–Kier alpha value is 0.250. The minimum atomic E-state index is 0.757. The summed E-state index contributed by atoms with van der Waals surface area (Å²) in [5.74, 6) is 0. The highest BCUT2D eigenvalue weighted by Gasteiger charge is 1.90. The molecule has 0 aliphatic heterocycles. The highest BCUT2D eigenvalue weighted by Crippen LogP contribution is 2.19. The molecule has 8 heavy (non-hydrogen) atoms. The Labute approximate surface area is 63.4 Å². The smallest absolute Gasteiger partial charge is 0.0502 e. The molecule has 46 valence electrons. The van der Waals surface area contributed by atoms with Crippen LogP contribution < -0.4 is 0 Å². The van der Waals surface area contributed by atoms with E-state index in [9.17, 15) is 0 Å². The van der Waals surface area contributed by atoms with Crippen molar-refractivity contribution in [1.82, 2.24) is 0 Å². The number of rotatable bonds is 1. The maximum Gasteiger partial charge on any atom is 0.0502 e. The van der Waals surface area contributed by atoms with Crippen molar-refractivity contribution in [1.29, 1.82) is 0 Å². The predicted molar refractivity (Wildman–Crippen MR) is 42.3 cm³/mol. The van der Waals surface area contributed by atoms with Crippen molar-refractivity contribution in [3.63, 3.8) is 0 Å². The van der Waals surface area contributed by atoms with Gasteiger partial charge in [0.2, 0.25) is 0 Å². The summed E-state index contributed by atoms with van der Waals surface area (Å²) in [5, 5.41) is 0.757. The summed E-state index contributed by atoms with van der Waals surface area (Å²) in [6, 6.07) is 0. The van der Waals surface area contributed by atoms with E-state index in [-0.39, 0.29) is 0 Å². The molecule has 0 aromatic heterocycles. The van der Waals surface area contributed by atoms with E-state index in [1.807, 2.05) is 26.0 Å². The van der Waals surface area contributed by atoms with Gasteiger partial charge in [-0.3, -0.25) is 0 Å². The van der Waals surface area contributed by atoms with Crippen LogP contribution >= 0.6 is 27.5 Å². The Kier molecular flexibility index (Phi) is 4.29. The first-order chi connectivity index (χ1) is 3.72. The molecule has 2 heteroatoms. The predicted octanol–water partition coefficient (Wildman–Crippen LogP) is 3.43. The maximum atomic E-state index is 5.66. The van der Waals surface area contributed by atoms with E-state index in [1.165, 1.54) is 0 Å². The van der Waals surface area contributed by atoms with Crippen LogP contribution in [-0.4, -0.2) is 0 Å². The first-order valence-corrected chi connectivity index (χ1v) is 3.53. The van der Waals surface area contributed by atoms with Crippen molar-refractivity contribution in [2.45, 2.75) is 13.8 Å². The van der Waals surface area contributed by atoms with E-state index < -0.39 is 0 Å². The number of halogens is 2. The summed E-state index contributed by atoms with van der Waals surface area (Å²) in [6.45, 7) is 3.82. The molecule has 0 saturated heterocycles. The molecule has 0 unspecified atom stereocenters. The minimum Gasteiger partial charge on any atom is -0.0835 e. The lowest BCUT2D eigenvalue weighted by Crippen LogP contribution is -1.66. The molecular formula is C6H8BrCl. The maximum absolute atomic E-state index is 5.66. The first-order valence-electron chi connectivity index (χ1n) is 2.36. The van der Waals surface area contributed by atoms with Gasteiger partial charge in [0.05, 0.1) is 5.03 Å². The lowest BCUT2D eigenvalue weighted by molar-refractivity contribution is 1.64. The van der Waals surface area contributed by atoms with Gasteiger partial charge in [-0.1, -0.05) is 23.8 Å². The molecule has 0 aliphatic carbocycles. The zero-order chi connectivity index (χ0) is 6.57. The van der Waals surface area contributed by atoms with Gasteiger partial charge in [0.25, 0.3) is 0 Å². The van der Waals surface area contributed by atoms with Crippen molar-refractivity contribution in [2.24, 2.45) is 0 Å². The summed E-state index contributed by atoms with van der Waals surface area (Å²) < 4.78 is 0.946. The van der Waals surface area contributed by atoms with Gasteiger partial charge < -0.3 is 0 Å². The molecule has 0 radical (unpaired) electrons. The van der Waals surface area contributed by atoms with Crippen LogP contribution in [0.1, 0.15) is 13.8 Å². The van der Waals surface area contributed by atoms with Crippen molar-refractivity contribution in [3.05, 3.63) is 21.7 Å². The average molecular weight is 195 g/mol. The monoisotopic (exact) mass is 194 g/mol. The summed E-state index contributed by atoms with van der Waals surface area (Å²) in [5.41, 5.74) is 0. The fourth-order valence-corrected chi connectivity index (χ4v) is 0.614. The van der Waals surface area contributed by atoms with E-state index in [4.69, 9.17) is 11.6 Å². The molecule has 0 amide bonds. The van der Waals surface area contributed by atoms with E-state index in [1.54, 1.807) is 0 Å². The zero-order valence-corrected chi connectivity index (χ0v) is 7.25. The number of hydrogen-bond donors (Lipinski definition) is 0. The van der Waals surface area contributed by atoms with Gasteiger partial charge in [0.15, 0.2) is 0 Å². The molecule has 0 nitrogen and oxygen atoms in total. The number of hydrogen-bond acceptors (Lipinski definition) is 0. The van der Waals surface area contributed by atoms with Crippen LogP contribution in [0.15, 0.2) is 21.7 Å². The summed E-state index contributed by atoms with van der Waals surface area (Å²) in [6.07, 6.45) is 3.74. The summed E-state index contributed by atoms with van der Waals surface area (Å²) in [7, 11) is 0. The Morgan fingerprint density at radius 3 is 2.00 bits per heavy atom. The third kappa shape index (κ3) is 2.53. The van der Waals surface area contributed by atoms with Gasteiger partial charge in [-0.05, 0) is 29.8 Å². The third-order valence-corrected chi connectivity index (χ3v) is 2.27. The van der Waals surface area contributed by atoms with E-state index in [2.05, 4.69) is 15.9 Å². The SMILES string of the molecule is C/C=C(Cl)\C(Br)=C/C. The van der Waals surface area contributed by atoms with Gasteiger partial charge in [-0.2, -0.15) is 0 Å². The van der Waals surface area contributed by atoms with Crippen molar-refractivity contribution < 1.29 is 0 Å². The fourth-order valence-electron chi connectivity index (χ4n) is 0.276. The number of allylic oxidation sites excluding steroid dienone is 4. The molecule has 0 aliphatic rings. The average Bonchev–Trinajstić information content (AvgIpc) is 1.84. The first kappa shape index (κ1) is 8.25. The van der Waals surface area contributed by atoms with Crippen molar-refractivity contribution in [3.8, 4) is 0 Å². The van der Waals surface area contributed by atoms with Crippen LogP contribution in [0.5, 0.6) is 0 Å². The van der Waals surface area contributed by atoms with E-state index >= 15 is 0 Å². The van der Waals surface area contributed by atoms with Gasteiger partial charge >= 0.3 is 0 Å². The highest BCUT2D eigenvalue weighted by molar-refractivity contribution is 9.12. The molecule has 0 aromatic carbocycles. The molecule has 0 rings (SSSR count). The Morgan fingerprint density at radius 1 is 1.38 bits per heavy atom. The molecule has 0 aromatic rings. The lowest BCUT2D eigenvalue weighted by atomic mass is 10.4. The zero-order valence-electron chi connectivity index (χ0n) is 4.91. The fraction of sp³-hybridized carbons (Fsp3) is 0.333. The topological polar surface area (TPSA) is 0 Å². The second-order valence-electron chi connectivity index (χ2n) is 1.27. The van der Waals surface area contributed by atoms with Gasteiger partial charge in [0.1, 0.15) is 0 Å². The molecular weight excluding hydrogens is 187 g/mol. The van der Waals surface area contributed by atoms with E-state index in [0.717, 1.165) is 9.51 Å². The van der Waals surface area contributed by atoms with Crippen LogP contribution in [0.4, 0.5) is 0 Å². The highest BCUT2D eigenvalue weighted by atomic mass is 79.9.